The number of hydrogen-bond donors (Lipinski definition) is 2. The molecule has 0 saturated carbocycles. The van der Waals surface area contributed by atoms with Crippen LogP contribution in [-0.2, 0) is 6.54 Å². The maximum absolute atomic E-state index is 12.2. The number of hydrogen-bond acceptors (Lipinski definition) is 5. The minimum Gasteiger partial charge on any atom is -0.388 e. The molecule has 0 radical (unpaired) electrons. The molecule has 4 heterocycles. The highest BCUT2D eigenvalue weighted by molar-refractivity contribution is 7.19. The first-order valence-electron chi connectivity index (χ1n) is 7.83. The quantitative estimate of drug-likeness (QED) is 0.890. The van der Waals surface area contributed by atoms with Crippen molar-refractivity contribution in [2.24, 2.45) is 0 Å². The molecule has 5 nitrogen and oxygen atoms in total. The van der Waals surface area contributed by atoms with Crippen molar-refractivity contribution in [1.82, 2.24) is 15.1 Å². The van der Waals surface area contributed by atoms with E-state index >= 15 is 0 Å². The van der Waals surface area contributed by atoms with E-state index in [0.29, 0.717) is 35.0 Å². The topological polar surface area (TPSA) is 67.2 Å². The Morgan fingerprint density at radius 3 is 2.70 bits per heavy atom. The fourth-order valence-electron chi connectivity index (χ4n) is 3.78. The first-order valence-corrected chi connectivity index (χ1v) is 9.03. The molecule has 0 spiro atoms. The zero-order valence-electron chi connectivity index (χ0n) is 12.5. The summed E-state index contributed by atoms with van der Waals surface area (Å²) in [6, 6.07) is 7.63. The average molecular weight is 352 g/mol. The van der Waals surface area contributed by atoms with Crippen LogP contribution in [0.5, 0.6) is 0 Å². The molecule has 2 aliphatic rings. The van der Waals surface area contributed by atoms with E-state index in [1.165, 1.54) is 22.1 Å². The largest absolute Gasteiger partial charge is 0.388 e. The Morgan fingerprint density at radius 1 is 1.30 bits per heavy atom. The molecule has 2 bridgehead atoms. The van der Waals surface area contributed by atoms with Gasteiger partial charge in [-0.15, -0.1) is 11.3 Å². The molecule has 122 valence electrons. The lowest BCUT2D eigenvalue weighted by Crippen LogP contribution is -2.51. The van der Waals surface area contributed by atoms with E-state index in [1.807, 2.05) is 12.1 Å². The van der Waals surface area contributed by atoms with Gasteiger partial charge in [-0.3, -0.25) is 4.79 Å². The Hall–Kier alpha value is -1.21. The SMILES string of the molecule is O=c1ccc(-c2ccc(Cl)s2)nn1CC1(O)C[C@H]2CC[C@H](C1)N2. The second-order valence-electron chi connectivity index (χ2n) is 6.59. The first-order chi connectivity index (χ1) is 11.0. The van der Waals surface area contributed by atoms with Crippen LogP contribution in [0.4, 0.5) is 0 Å². The third kappa shape index (κ3) is 3.08. The number of aromatic nitrogens is 2. The molecular formula is C16H18ClN3O2S. The van der Waals surface area contributed by atoms with Gasteiger partial charge in [-0.05, 0) is 43.9 Å². The highest BCUT2D eigenvalue weighted by Gasteiger charge is 2.42. The van der Waals surface area contributed by atoms with Crippen molar-refractivity contribution in [3.05, 3.63) is 39.0 Å². The number of halogens is 1. The van der Waals surface area contributed by atoms with E-state index in [4.69, 9.17) is 11.6 Å². The molecule has 7 heteroatoms. The van der Waals surface area contributed by atoms with Crippen molar-refractivity contribution in [1.29, 1.82) is 0 Å². The predicted molar refractivity (Wildman–Crippen MR) is 90.9 cm³/mol. The van der Waals surface area contributed by atoms with Gasteiger partial charge in [-0.25, -0.2) is 4.68 Å². The minimum absolute atomic E-state index is 0.185. The molecule has 2 N–H and O–H groups in total. The van der Waals surface area contributed by atoms with Crippen LogP contribution in [0.1, 0.15) is 25.7 Å². The van der Waals surface area contributed by atoms with Crippen LogP contribution in [0.25, 0.3) is 10.6 Å². The fourth-order valence-corrected chi connectivity index (χ4v) is 4.79. The molecule has 2 atom stereocenters. The van der Waals surface area contributed by atoms with Crippen molar-refractivity contribution < 1.29 is 5.11 Å². The Bertz CT molecular complexity index is 776. The van der Waals surface area contributed by atoms with Crippen molar-refractivity contribution in [2.45, 2.75) is 49.9 Å². The van der Waals surface area contributed by atoms with Crippen LogP contribution >= 0.6 is 22.9 Å². The fraction of sp³-hybridized carbons (Fsp3) is 0.500. The van der Waals surface area contributed by atoms with Gasteiger partial charge in [0.1, 0.15) is 5.69 Å². The van der Waals surface area contributed by atoms with Crippen molar-refractivity contribution in [2.75, 3.05) is 0 Å². The van der Waals surface area contributed by atoms with E-state index in [-0.39, 0.29) is 12.1 Å². The number of nitrogens with zero attached hydrogens (tertiary/aromatic N) is 2. The highest BCUT2D eigenvalue weighted by atomic mass is 35.5. The van der Waals surface area contributed by atoms with Gasteiger partial charge in [0, 0.05) is 18.2 Å². The molecule has 2 aromatic heterocycles. The van der Waals surface area contributed by atoms with Gasteiger partial charge in [0.25, 0.3) is 5.56 Å². The zero-order chi connectivity index (χ0) is 16.0. The van der Waals surface area contributed by atoms with Gasteiger partial charge in [0.2, 0.25) is 0 Å². The molecule has 0 aromatic carbocycles. The minimum atomic E-state index is -0.861. The second-order valence-corrected chi connectivity index (χ2v) is 8.30. The van der Waals surface area contributed by atoms with Crippen LogP contribution in [-0.4, -0.2) is 32.6 Å². The molecule has 2 fully saturated rings. The van der Waals surface area contributed by atoms with Crippen LogP contribution in [0.15, 0.2) is 29.1 Å². The van der Waals surface area contributed by atoms with E-state index < -0.39 is 5.60 Å². The van der Waals surface area contributed by atoms with E-state index in [2.05, 4.69) is 10.4 Å². The monoisotopic (exact) mass is 351 g/mol. The van der Waals surface area contributed by atoms with Gasteiger partial charge in [0.05, 0.1) is 21.4 Å². The lowest BCUT2D eigenvalue weighted by Gasteiger charge is -2.37. The predicted octanol–water partition coefficient (Wildman–Crippen LogP) is 2.27. The van der Waals surface area contributed by atoms with Gasteiger partial charge >= 0.3 is 0 Å². The summed E-state index contributed by atoms with van der Waals surface area (Å²) in [6.45, 7) is 0.244. The molecule has 0 amide bonds. The van der Waals surface area contributed by atoms with Gasteiger partial charge in [0.15, 0.2) is 0 Å². The molecule has 2 aromatic rings. The summed E-state index contributed by atoms with van der Waals surface area (Å²) in [5.74, 6) is 0. The first kappa shape index (κ1) is 15.3. The molecule has 4 rings (SSSR count). The van der Waals surface area contributed by atoms with Gasteiger partial charge in [-0.1, -0.05) is 11.6 Å². The Morgan fingerprint density at radius 2 is 2.04 bits per heavy atom. The van der Waals surface area contributed by atoms with Crippen molar-refractivity contribution >= 4 is 22.9 Å². The lowest BCUT2D eigenvalue weighted by molar-refractivity contribution is -0.0249. The molecule has 23 heavy (non-hydrogen) atoms. The van der Waals surface area contributed by atoms with E-state index in [0.717, 1.165) is 17.7 Å². The van der Waals surface area contributed by atoms with E-state index in [1.54, 1.807) is 6.07 Å². The summed E-state index contributed by atoms with van der Waals surface area (Å²) in [4.78, 5) is 13.1. The third-order valence-electron chi connectivity index (χ3n) is 4.72. The number of aliphatic hydroxyl groups is 1. The molecule has 2 aliphatic heterocycles. The maximum atomic E-state index is 12.2. The average Bonchev–Trinajstić information content (AvgIpc) is 3.07. The van der Waals surface area contributed by atoms with Gasteiger partial charge in [-0.2, -0.15) is 5.10 Å². The van der Waals surface area contributed by atoms with Crippen molar-refractivity contribution in [3.8, 4) is 10.6 Å². The maximum Gasteiger partial charge on any atom is 0.266 e. The molecule has 0 aliphatic carbocycles. The Labute approximate surface area is 142 Å². The summed E-state index contributed by atoms with van der Waals surface area (Å²) < 4.78 is 2.08. The third-order valence-corrected chi connectivity index (χ3v) is 5.98. The summed E-state index contributed by atoms with van der Waals surface area (Å²) in [6.07, 6.45) is 3.55. The van der Waals surface area contributed by atoms with Crippen LogP contribution in [0, 0.1) is 0 Å². The van der Waals surface area contributed by atoms with Crippen LogP contribution in [0.3, 0.4) is 0 Å². The number of rotatable bonds is 3. The standard InChI is InChI=1S/C16H18ClN3O2S/c17-14-5-4-13(23-14)12-3-6-15(21)20(19-12)9-16(22)7-10-1-2-11(8-16)18-10/h3-6,10-11,18,22H,1-2,7-9H2/t10-,11-/m1/s1. The zero-order valence-corrected chi connectivity index (χ0v) is 14.1. The number of thiophene rings is 1. The summed E-state index contributed by atoms with van der Waals surface area (Å²) >= 11 is 7.40. The summed E-state index contributed by atoms with van der Waals surface area (Å²) in [5, 5.41) is 18.9. The number of nitrogens with one attached hydrogen (secondary N) is 1. The van der Waals surface area contributed by atoms with Crippen LogP contribution < -0.4 is 10.9 Å². The smallest absolute Gasteiger partial charge is 0.266 e. The van der Waals surface area contributed by atoms with E-state index in [9.17, 15) is 9.90 Å². The molecule has 2 saturated heterocycles. The summed E-state index contributed by atoms with van der Waals surface area (Å²) in [7, 11) is 0. The lowest BCUT2D eigenvalue weighted by atomic mass is 9.87. The van der Waals surface area contributed by atoms with Crippen LogP contribution in [0.2, 0.25) is 4.34 Å². The molecule has 0 unspecified atom stereocenters. The van der Waals surface area contributed by atoms with Crippen molar-refractivity contribution in [3.63, 3.8) is 0 Å². The number of fused-ring (bicyclic) bond motifs is 2. The normalized spacial score (nSPS) is 29.8. The summed E-state index contributed by atoms with van der Waals surface area (Å²) in [5.41, 5.74) is -0.336. The highest BCUT2D eigenvalue weighted by Crippen LogP contribution is 2.35. The number of piperidine rings is 1. The van der Waals surface area contributed by atoms with Gasteiger partial charge < -0.3 is 10.4 Å². The second kappa shape index (κ2) is 5.70. The molecular weight excluding hydrogens is 334 g/mol. The Kier molecular flexibility index (Phi) is 3.80. The Balaban J connectivity index is 1.62.